The number of rotatable bonds is 2. The number of aromatic nitrogens is 3. The molecule has 2 rings (SSSR count). The van der Waals surface area contributed by atoms with Crippen LogP contribution in [0.5, 0.6) is 0 Å². The van der Waals surface area contributed by atoms with E-state index in [9.17, 15) is 0 Å². The SMILES string of the molecule is Cc1csc(Nc2ncncc2Br)n1. The van der Waals surface area contributed by atoms with Crippen molar-refractivity contribution in [2.24, 2.45) is 0 Å². The van der Waals surface area contributed by atoms with Gasteiger partial charge in [-0.2, -0.15) is 0 Å². The molecule has 0 aromatic carbocycles. The molecular weight excluding hydrogens is 264 g/mol. The number of nitrogens with zero attached hydrogens (tertiary/aromatic N) is 3. The van der Waals surface area contributed by atoms with Gasteiger partial charge in [0.1, 0.15) is 12.1 Å². The molecule has 0 atom stereocenters. The third kappa shape index (κ3) is 2.08. The fourth-order valence-electron chi connectivity index (χ4n) is 0.917. The summed E-state index contributed by atoms with van der Waals surface area (Å²) in [7, 11) is 0. The van der Waals surface area contributed by atoms with Crippen molar-refractivity contribution >= 4 is 38.2 Å². The molecule has 0 fully saturated rings. The smallest absolute Gasteiger partial charge is 0.188 e. The standard InChI is InChI=1S/C8H7BrN4S/c1-5-3-14-8(12-5)13-7-6(9)2-10-4-11-7/h2-4H,1H3,(H,10,11,12,13). The summed E-state index contributed by atoms with van der Waals surface area (Å²) in [6.07, 6.45) is 3.18. The summed E-state index contributed by atoms with van der Waals surface area (Å²) in [5.74, 6) is 0.731. The summed E-state index contributed by atoms with van der Waals surface area (Å²) in [6, 6.07) is 0. The summed E-state index contributed by atoms with van der Waals surface area (Å²) < 4.78 is 0.827. The first-order valence-electron chi connectivity index (χ1n) is 3.90. The number of aryl methyl sites for hydroxylation is 1. The molecule has 0 unspecified atom stereocenters. The summed E-state index contributed by atoms with van der Waals surface area (Å²) in [4.78, 5) is 12.2. The Balaban J connectivity index is 2.23. The molecular formula is C8H7BrN4S. The highest BCUT2D eigenvalue weighted by atomic mass is 79.9. The minimum atomic E-state index is 0.731. The van der Waals surface area contributed by atoms with E-state index in [1.807, 2.05) is 12.3 Å². The van der Waals surface area contributed by atoms with Crippen molar-refractivity contribution in [1.82, 2.24) is 15.0 Å². The van der Waals surface area contributed by atoms with Gasteiger partial charge in [0.05, 0.1) is 10.2 Å². The molecule has 72 valence electrons. The lowest BCUT2D eigenvalue weighted by Gasteiger charge is -2.01. The van der Waals surface area contributed by atoms with E-state index in [-0.39, 0.29) is 0 Å². The second-order valence-electron chi connectivity index (χ2n) is 2.64. The summed E-state index contributed by atoms with van der Waals surface area (Å²) in [5.41, 5.74) is 1.00. The predicted octanol–water partition coefficient (Wildman–Crippen LogP) is 2.75. The average molecular weight is 271 g/mol. The van der Waals surface area contributed by atoms with E-state index in [0.29, 0.717) is 0 Å². The van der Waals surface area contributed by atoms with Gasteiger partial charge in [-0.25, -0.2) is 15.0 Å². The molecule has 0 saturated carbocycles. The second-order valence-corrected chi connectivity index (χ2v) is 4.35. The Hall–Kier alpha value is -1.01. The Kier molecular flexibility index (Phi) is 2.74. The van der Waals surface area contributed by atoms with Crippen molar-refractivity contribution in [3.63, 3.8) is 0 Å². The molecule has 2 aromatic rings. The van der Waals surface area contributed by atoms with Gasteiger partial charge in [0.25, 0.3) is 0 Å². The first-order chi connectivity index (χ1) is 6.75. The summed E-state index contributed by atoms with van der Waals surface area (Å²) in [6.45, 7) is 1.96. The van der Waals surface area contributed by atoms with Crippen LogP contribution >= 0.6 is 27.3 Å². The maximum absolute atomic E-state index is 4.27. The Bertz CT molecular complexity index is 442. The molecule has 1 N–H and O–H groups in total. The molecule has 14 heavy (non-hydrogen) atoms. The van der Waals surface area contributed by atoms with E-state index in [1.165, 1.54) is 6.33 Å². The molecule has 0 saturated heterocycles. The van der Waals surface area contributed by atoms with Crippen LogP contribution in [0.25, 0.3) is 0 Å². The van der Waals surface area contributed by atoms with Gasteiger partial charge in [0, 0.05) is 11.6 Å². The maximum atomic E-state index is 4.27. The van der Waals surface area contributed by atoms with E-state index in [1.54, 1.807) is 17.5 Å². The Morgan fingerprint density at radius 2 is 2.36 bits per heavy atom. The van der Waals surface area contributed by atoms with Crippen LogP contribution in [-0.4, -0.2) is 15.0 Å². The number of hydrogen-bond acceptors (Lipinski definition) is 5. The van der Waals surface area contributed by atoms with Gasteiger partial charge in [0.15, 0.2) is 5.13 Å². The first kappa shape index (κ1) is 9.54. The highest BCUT2D eigenvalue weighted by molar-refractivity contribution is 9.10. The average Bonchev–Trinajstić information content (AvgIpc) is 2.56. The summed E-state index contributed by atoms with van der Waals surface area (Å²) in [5, 5.41) is 5.92. The zero-order chi connectivity index (χ0) is 9.97. The van der Waals surface area contributed by atoms with Crippen molar-refractivity contribution in [2.45, 2.75) is 6.92 Å². The number of anilines is 2. The molecule has 2 aromatic heterocycles. The minimum Gasteiger partial charge on any atom is -0.315 e. The van der Waals surface area contributed by atoms with Crippen molar-refractivity contribution in [1.29, 1.82) is 0 Å². The van der Waals surface area contributed by atoms with Gasteiger partial charge in [-0.3, -0.25) is 0 Å². The van der Waals surface area contributed by atoms with Crippen LogP contribution in [0.2, 0.25) is 0 Å². The fraction of sp³-hybridized carbons (Fsp3) is 0.125. The third-order valence-corrected chi connectivity index (χ3v) is 2.97. The molecule has 0 aliphatic carbocycles. The zero-order valence-electron chi connectivity index (χ0n) is 7.36. The molecule has 0 amide bonds. The third-order valence-electron chi connectivity index (χ3n) is 1.51. The van der Waals surface area contributed by atoms with E-state index < -0.39 is 0 Å². The normalized spacial score (nSPS) is 10.1. The Morgan fingerprint density at radius 1 is 1.50 bits per heavy atom. The Labute approximate surface area is 93.6 Å². The van der Waals surface area contributed by atoms with E-state index in [4.69, 9.17) is 0 Å². The van der Waals surface area contributed by atoms with Crippen molar-refractivity contribution in [2.75, 3.05) is 5.32 Å². The van der Waals surface area contributed by atoms with Gasteiger partial charge in [-0.05, 0) is 22.9 Å². The number of nitrogens with one attached hydrogen (secondary N) is 1. The van der Waals surface area contributed by atoms with Gasteiger partial charge < -0.3 is 5.32 Å². The molecule has 0 aliphatic heterocycles. The van der Waals surface area contributed by atoms with Crippen molar-refractivity contribution < 1.29 is 0 Å². The lowest BCUT2D eigenvalue weighted by molar-refractivity contribution is 1.14. The molecule has 0 radical (unpaired) electrons. The molecule has 6 heteroatoms. The van der Waals surface area contributed by atoms with E-state index >= 15 is 0 Å². The van der Waals surface area contributed by atoms with Gasteiger partial charge >= 0.3 is 0 Å². The Morgan fingerprint density at radius 3 is 3.00 bits per heavy atom. The zero-order valence-corrected chi connectivity index (χ0v) is 9.76. The van der Waals surface area contributed by atoms with Crippen LogP contribution in [-0.2, 0) is 0 Å². The van der Waals surface area contributed by atoms with Crippen LogP contribution in [0.3, 0.4) is 0 Å². The predicted molar refractivity (Wildman–Crippen MR) is 59.9 cm³/mol. The van der Waals surface area contributed by atoms with Gasteiger partial charge in [-0.15, -0.1) is 11.3 Å². The molecule has 4 nitrogen and oxygen atoms in total. The lowest BCUT2D eigenvalue weighted by atomic mass is 10.6. The van der Waals surface area contributed by atoms with Crippen molar-refractivity contribution in [3.8, 4) is 0 Å². The van der Waals surface area contributed by atoms with Crippen LogP contribution in [0, 0.1) is 6.92 Å². The highest BCUT2D eigenvalue weighted by Gasteiger charge is 2.03. The lowest BCUT2D eigenvalue weighted by Crippen LogP contribution is -1.94. The van der Waals surface area contributed by atoms with Gasteiger partial charge in [0.2, 0.25) is 0 Å². The van der Waals surface area contributed by atoms with Gasteiger partial charge in [-0.1, -0.05) is 0 Å². The first-order valence-corrected chi connectivity index (χ1v) is 5.57. The minimum absolute atomic E-state index is 0.731. The van der Waals surface area contributed by atoms with Crippen LogP contribution in [0.15, 0.2) is 22.4 Å². The van der Waals surface area contributed by atoms with Crippen LogP contribution < -0.4 is 5.32 Å². The van der Waals surface area contributed by atoms with E-state index in [0.717, 1.165) is 21.1 Å². The fourth-order valence-corrected chi connectivity index (χ4v) is 1.92. The quantitative estimate of drug-likeness (QED) is 0.912. The molecule has 2 heterocycles. The number of halogens is 1. The highest BCUT2D eigenvalue weighted by Crippen LogP contribution is 2.24. The topological polar surface area (TPSA) is 50.7 Å². The number of thiazole rings is 1. The van der Waals surface area contributed by atoms with E-state index in [2.05, 4.69) is 36.2 Å². The maximum Gasteiger partial charge on any atom is 0.188 e. The second kappa shape index (κ2) is 4.02. The molecule has 0 bridgehead atoms. The summed E-state index contributed by atoms with van der Waals surface area (Å²) >= 11 is 4.90. The molecule has 0 aliphatic rings. The van der Waals surface area contributed by atoms with Crippen LogP contribution in [0.4, 0.5) is 10.9 Å². The monoisotopic (exact) mass is 270 g/mol. The van der Waals surface area contributed by atoms with Crippen molar-refractivity contribution in [3.05, 3.63) is 28.1 Å². The van der Waals surface area contributed by atoms with Crippen LogP contribution in [0.1, 0.15) is 5.69 Å². The molecule has 0 spiro atoms. The largest absolute Gasteiger partial charge is 0.315 e. The number of hydrogen-bond donors (Lipinski definition) is 1.